The van der Waals surface area contributed by atoms with E-state index in [0.717, 1.165) is 11.1 Å². The van der Waals surface area contributed by atoms with Gasteiger partial charge in [-0.15, -0.1) is 0 Å². The van der Waals surface area contributed by atoms with Crippen LogP contribution >= 0.6 is 22.6 Å². The zero-order chi connectivity index (χ0) is 12.3. The van der Waals surface area contributed by atoms with Gasteiger partial charge in [0.1, 0.15) is 0 Å². The zero-order valence-corrected chi connectivity index (χ0v) is 11.5. The van der Waals surface area contributed by atoms with Gasteiger partial charge in [-0.05, 0) is 58.0 Å². The summed E-state index contributed by atoms with van der Waals surface area (Å²) in [6.07, 6.45) is 0.110. The van der Waals surface area contributed by atoms with Crippen LogP contribution in [0.25, 0.3) is 0 Å². The molecule has 17 heavy (non-hydrogen) atoms. The Kier molecular flexibility index (Phi) is 4.02. The Morgan fingerprint density at radius 2 is 1.82 bits per heavy atom. The normalized spacial score (nSPS) is 12.4. The van der Waals surface area contributed by atoms with Crippen molar-refractivity contribution in [2.45, 2.75) is 12.5 Å². The van der Waals surface area contributed by atoms with Crippen molar-refractivity contribution in [3.63, 3.8) is 0 Å². The summed E-state index contributed by atoms with van der Waals surface area (Å²) >= 11 is 2.27. The summed E-state index contributed by atoms with van der Waals surface area (Å²) in [5.74, 6) is 0. The predicted molar refractivity (Wildman–Crippen MR) is 78.7 cm³/mol. The number of benzene rings is 2. The highest BCUT2D eigenvalue weighted by Crippen LogP contribution is 2.20. The minimum Gasteiger partial charge on any atom is -0.399 e. The molecule has 0 bridgehead atoms. The number of aliphatic hydroxyl groups is 1. The van der Waals surface area contributed by atoms with Crippen molar-refractivity contribution in [1.29, 1.82) is 0 Å². The second-order valence-corrected chi connectivity index (χ2v) is 5.26. The summed E-state index contributed by atoms with van der Waals surface area (Å²) in [5.41, 5.74) is 8.37. The molecule has 3 N–H and O–H groups in total. The monoisotopic (exact) mass is 339 g/mol. The maximum Gasteiger partial charge on any atom is 0.0831 e. The third kappa shape index (κ3) is 3.44. The number of anilines is 1. The molecule has 0 aliphatic rings. The Labute approximate surface area is 115 Å². The molecule has 0 amide bonds. The Hall–Kier alpha value is -1.07. The van der Waals surface area contributed by atoms with Gasteiger partial charge in [-0.2, -0.15) is 0 Å². The number of halogens is 1. The minimum atomic E-state index is -0.501. The van der Waals surface area contributed by atoms with Crippen LogP contribution in [0.3, 0.4) is 0 Å². The molecule has 2 aromatic rings. The lowest BCUT2D eigenvalue weighted by molar-refractivity contribution is 0.178. The van der Waals surface area contributed by atoms with Gasteiger partial charge in [0.2, 0.25) is 0 Å². The molecule has 88 valence electrons. The Morgan fingerprint density at radius 3 is 2.47 bits per heavy atom. The molecule has 0 aromatic heterocycles. The minimum absolute atomic E-state index is 0.501. The highest BCUT2D eigenvalue weighted by Gasteiger charge is 2.08. The van der Waals surface area contributed by atoms with Gasteiger partial charge in [0.15, 0.2) is 0 Å². The first-order valence-corrected chi connectivity index (χ1v) is 6.51. The van der Waals surface area contributed by atoms with Crippen molar-refractivity contribution in [2.24, 2.45) is 0 Å². The topological polar surface area (TPSA) is 46.2 Å². The Balaban J connectivity index is 2.11. The van der Waals surface area contributed by atoms with E-state index in [1.54, 1.807) is 0 Å². The van der Waals surface area contributed by atoms with Crippen LogP contribution in [0.2, 0.25) is 0 Å². The highest BCUT2D eigenvalue weighted by atomic mass is 127. The van der Waals surface area contributed by atoms with Crippen molar-refractivity contribution in [2.75, 3.05) is 5.73 Å². The van der Waals surface area contributed by atoms with Gasteiger partial charge in [0, 0.05) is 15.7 Å². The predicted octanol–water partition coefficient (Wildman–Crippen LogP) is 3.15. The van der Waals surface area contributed by atoms with Gasteiger partial charge >= 0.3 is 0 Å². The van der Waals surface area contributed by atoms with E-state index in [4.69, 9.17) is 5.73 Å². The number of rotatable bonds is 3. The number of hydrogen-bond donors (Lipinski definition) is 2. The molecule has 3 heteroatoms. The maximum absolute atomic E-state index is 10.1. The summed E-state index contributed by atoms with van der Waals surface area (Å²) < 4.78 is 1.20. The Bertz CT molecular complexity index is 496. The maximum atomic E-state index is 10.1. The molecule has 0 radical (unpaired) electrons. The second-order valence-electron chi connectivity index (χ2n) is 4.02. The highest BCUT2D eigenvalue weighted by molar-refractivity contribution is 14.1. The lowest BCUT2D eigenvalue weighted by atomic mass is 10.0. The molecule has 0 heterocycles. The lowest BCUT2D eigenvalue weighted by Crippen LogP contribution is -2.02. The van der Waals surface area contributed by atoms with Crippen LogP contribution in [0.1, 0.15) is 17.2 Å². The van der Waals surface area contributed by atoms with Gasteiger partial charge in [-0.3, -0.25) is 0 Å². The van der Waals surface area contributed by atoms with Gasteiger partial charge < -0.3 is 10.8 Å². The molecular weight excluding hydrogens is 325 g/mol. The molecule has 0 spiro atoms. The van der Waals surface area contributed by atoms with Crippen LogP contribution in [-0.2, 0) is 6.42 Å². The first-order valence-electron chi connectivity index (χ1n) is 5.43. The molecule has 0 saturated heterocycles. The van der Waals surface area contributed by atoms with E-state index >= 15 is 0 Å². The van der Waals surface area contributed by atoms with Crippen molar-refractivity contribution >= 4 is 28.3 Å². The average Bonchev–Trinajstić information content (AvgIpc) is 2.32. The van der Waals surface area contributed by atoms with Crippen LogP contribution in [0.4, 0.5) is 5.69 Å². The van der Waals surface area contributed by atoms with Crippen LogP contribution < -0.4 is 5.73 Å². The van der Waals surface area contributed by atoms with Crippen LogP contribution in [0.5, 0.6) is 0 Å². The fourth-order valence-electron chi connectivity index (χ4n) is 1.73. The van der Waals surface area contributed by atoms with Crippen LogP contribution in [0.15, 0.2) is 48.5 Å². The van der Waals surface area contributed by atoms with Crippen molar-refractivity contribution in [1.82, 2.24) is 0 Å². The van der Waals surface area contributed by atoms with E-state index in [2.05, 4.69) is 22.6 Å². The molecular formula is C14H14INO. The summed E-state index contributed by atoms with van der Waals surface area (Å²) in [4.78, 5) is 0. The van der Waals surface area contributed by atoms with E-state index in [9.17, 15) is 5.11 Å². The quantitative estimate of drug-likeness (QED) is 0.667. The average molecular weight is 339 g/mol. The Morgan fingerprint density at radius 1 is 1.12 bits per heavy atom. The summed E-state index contributed by atoms with van der Waals surface area (Å²) in [5, 5.41) is 10.1. The number of nitrogens with two attached hydrogens (primary N) is 1. The molecule has 2 nitrogen and oxygen atoms in total. The fraction of sp³-hybridized carbons (Fsp3) is 0.143. The van der Waals surface area contributed by atoms with E-state index in [-0.39, 0.29) is 0 Å². The molecule has 0 aliphatic heterocycles. The van der Waals surface area contributed by atoms with E-state index in [1.165, 1.54) is 3.57 Å². The second kappa shape index (κ2) is 5.51. The molecule has 0 fully saturated rings. The van der Waals surface area contributed by atoms with Gasteiger partial charge in [-0.25, -0.2) is 0 Å². The third-order valence-corrected chi connectivity index (χ3v) is 3.36. The molecule has 0 aliphatic carbocycles. The summed E-state index contributed by atoms with van der Waals surface area (Å²) in [6.45, 7) is 0. The van der Waals surface area contributed by atoms with E-state index in [0.29, 0.717) is 12.1 Å². The van der Waals surface area contributed by atoms with Crippen LogP contribution in [-0.4, -0.2) is 5.11 Å². The molecule has 1 atom stereocenters. The third-order valence-electron chi connectivity index (χ3n) is 2.64. The molecule has 0 saturated carbocycles. The SMILES string of the molecule is Nc1cccc(C(O)Cc2ccc(I)cc2)c1. The first-order chi connectivity index (χ1) is 8.15. The molecule has 2 aromatic carbocycles. The summed E-state index contributed by atoms with van der Waals surface area (Å²) in [7, 11) is 0. The number of aliphatic hydroxyl groups excluding tert-OH is 1. The zero-order valence-electron chi connectivity index (χ0n) is 9.31. The van der Waals surface area contributed by atoms with E-state index in [1.807, 2.05) is 48.5 Å². The molecule has 2 rings (SSSR count). The van der Waals surface area contributed by atoms with Gasteiger partial charge in [-0.1, -0.05) is 24.3 Å². The summed E-state index contributed by atoms with van der Waals surface area (Å²) in [6, 6.07) is 15.6. The van der Waals surface area contributed by atoms with E-state index < -0.39 is 6.10 Å². The van der Waals surface area contributed by atoms with Crippen molar-refractivity contribution in [3.05, 3.63) is 63.2 Å². The van der Waals surface area contributed by atoms with Crippen LogP contribution in [0, 0.1) is 3.57 Å². The van der Waals surface area contributed by atoms with Crippen molar-refractivity contribution < 1.29 is 5.11 Å². The number of hydrogen-bond acceptors (Lipinski definition) is 2. The first kappa shape index (κ1) is 12.4. The standard InChI is InChI=1S/C14H14INO/c15-12-6-4-10(5-7-12)8-14(17)11-2-1-3-13(16)9-11/h1-7,9,14,17H,8,16H2. The largest absolute Gasteiger partial charge is 0.399 e. The molecule has 1 unspecified atom stereocenters. The smallest absolute Gasteiger partial charge is 0.0831 e. The number of nitrogen functional groups attached to an aromatic ring is 1. The fourth-order valence-corrected chi connectivity index (χ4v) is 2.09. The van der Waals surface area contributed by atoms with Gasteiger partial charge in [0.05, 0.1) is 6.10 Å². The van der Waals surface area contributed by atoms with Crippen molar-refractivity contribution in [3.8, 4) is 0 Å². The lowest BCUT2D eigenvalue weighted by Gasteiger charge is -2.11. The van der Waals surface area contributed by atoms with Gasteiger partial charge in [0.25, 0.3) is 0 Å².